The Morgan fingerprint density at radius 1 is 1.42 bits per heavy atom. The molecule has 0 bridgehead atoms. The van der Waals surface area contributed by atoms with Crippen molar-refractivity contribution in [1.29, 1.82) is 0 Å². The van der Waals surface area contributed by atoms with Crippen molar-refractivity contribution in [3.05, 3.63) is 34.9 Å². The van der Waals surface area contributed by atoms with Crippen molar-refractivity contribution >= 4 is 18.1 Å². The summed E-state index contributed by atoms with van der Waals surface area (Å²) in [4.78, 5) is 8.36. The van der Waals surface area contributed by atoms with Gasteiger partial charge in [-0.05, 0) is 12.1 Å². The quantitative estimate of drug-likeness (QED) is 0.508. The SMILES string of the molecule is Fc1ccc(Cl)c(F)c1.O=CO. The average molecular weight is 195 g/mol. The van der Waals surface area contributed by atoms with E-state index in [0.717, 1.165) is 12.1 Å². The molecule has 1 N–H and O–H groups in total. The highest BCUT2D eigenvalue weighted by Crippen LogP contribution is 2.13. The summed E-state index contributed by atoms with van der Waals surface area (Å²) in [6, 6.07) is 3.01. The first-order valence-electron chi connectivity index (χ1n) is 2.80. The fraction of sp³-hybridized carbons (Fsp3) is 0. The highest BCUT2D eigenvalue weighted by Gasteiger charge is 1.97. The molecule has 0 saturated heterocycles. The van der Waals surface area contributed by atoms with Crippen molar-refractivity contribution in [2.45, 2.75) is 0 Å². The molecule has 0 amide bonds. The normalized spacial score (nSPS) is 8.25. The van der Waals surface area contributed by atoms with Crippen molar-refractivity contribution < 1.29 is 18.7 Å². The molecular formula is C7H5ClF2O2. The number of hydrogen-bond acceptors (Lipinski definition) is 1. The van der Waals surface area contributed by atoms with E-state index in [1.165, 1.54) is 6.07 Å². The van der Waals surface area contributed by atoms with Crippen LogP contribution in [0.4, 0.5) is 8.78 Å². The maximum Gasteiger partial charge on any atom is 0.290 e. The Kier molecular flexibility index (Phi) is 4.96. The number of benzene rings is 1. The Morgan fingerprint density at radius 2 is 1.92 bits per heavy atom. The maximum atomic E-state index is 12.2. The summed E-state index contributed by atoms with van der Waals surface area (Å²) in [6.07, 6.45) is 0. The van der Waals surface area contributed by atoms with Crippen LogP contribution in [-0.2, 0) is 4.79 Å². The minimum absolute atomic E-state index is 0.0589. The van der Waals surface area contributed by atoms with Gasteiger partial charge in [0.25, 0.3) is 6.47 Å². The van der Waals surface area contributed by atoms with E-state index in [1.807, 2.05) is 0 Å². The second-order valence-corrected chi connectivity index (χ2v) is 2.07. The molecule has 0 heterocycles. The van der Waals surface area contributed by atoms with Gasteiger partial charge in [0.05, 0.1) is 5.02 Å². The lowest BCUT2D eigenvalue weighted by Gasteiger charge is -1.90. The Labute approximate surface area is 72.4 Å². The molecule has 0 aliphatic rings. The van der Waals surface area contributed by atoms with Crippen LogP contribution in [0, 0.1) is 11.6 Å². The third-order valence-corrected chi connectivity index (χ3v) is 1.19. The Bertz CT molecular complexity index is 266. The maximum absolute atomic E-state index is 12.2. The van der Waals surface area contributed by atoms with E-state index in [2.05, 4.69) is 0 Å². The summed E-state index contributed by atoms with van der Waals surface area (Å²) >= 11 is 5.24. The van der Waals surface area contributed by atoms with Gasteiger partial charge in [0.2, 0.25) is 0 Å². The smallest absolute Gasteiger partial charge is 0.290 e. The zero-order chi connectivity index (χ0) is 9.56. The zero-order valence-corrected chi connectivity index (χ0v) is 6.55. The molecule has 0 aliphatic carbocycles. The van der Waals surface area contributed by atoms with Crippen LogP contribution in [0.15, 0.2) is 18.2 Å². The molecule has 0 aliphatic heterocycles. The topological polar surface area (TPSA) is 37.3 Å². The van der Waals surface area contributed by atoms with Crippen LogP contribution >= 0.6 is 11.6 Å². The lowest BCUT2D eigenvalue weighted by atomic mass is 10.3. The summed E-state index contributed by atoms with van der Waals surface area (Å²) in [7, 11) is 0. The van der Waals surface area contributed by atoms with Crippen LogP contribution in [0.25, 0.3) is 0 Å². The van der Waals surface area contributed by atoms with Crippen molar-refractivity contribution in [2.24, 2.45) is 0 Å². The second kappa shape index (κ2) is 5.49. The predicted molar refractivity (Wildman–Crippen MR) is 40.1 cm³/mol. The van der Waals surface area contributed by atoms with E-state index in [-0.39, 0.29) is 11.5 Å². The van der Waals surface area contributed by atoms with E-state index < -0.39 is 11.6 Å². The van der Waals surface area contributed by atoms with Crippen molar-refractivity contribution in [1.82, 2.24) is 0 Å². The first-order valence-corrected chi connectivity index (χ1v) is 3.18. The van der Waals surface area contributed by atoms with Crippen LogP contribution in [0.3, 0.4) is 0 Å². The Balaban J connectivity index is 0.000000354. The van der Waals surface area contributed by atoms with Gasteiger partial charge in [-0.25, -0.2) is 8.78 Å². The molecule has 2 nitrogen and oxygen atoms in total. The van der Waals surface area contributed by atoms with Crippen LogP contribution in [0.5, 0.6) is 0 Å². The molecule has 1 aromatic carbocycles. The molecule has 0 atom stereocenters. The third kappa shape index (κ3) is 3.88. The van der Waals surface area contributed by atoms with Gasteiger partial charge in [-0.1, -0.05) is 11.6 Å². The predicted octanol–water partition coefficient (Wildman–Crippen LogP) is 2.32. The van der Waals surface area contributed by atoms with E-state index in [9.17, 15) is 8.78 Å². The molecule has 0 unspecified atom stereocenters. The van der Waals surface area contributed by atoms with E-state index >= 15 is 0 Å². The van der Waals surface area contributed by atoms with Gasteiger partial charge >= 0.3 is 0 Å². The third-order valence-electron chi connectivity index (χ3n) is 0.882. The summed E-state index contributed by atoms with van der Waals surface area (Å²) < 4.78 is 24.3. The van der Waals surface area contributed by atoms with Gasteiger partial charge in [-0.2, -0.15) is 0 Å². The fourth-order valence-electron chi connectivity index (χ4n) is 0.470. The molecule has 66 valence electrons. The minimum Gasteiger partial charge on any atom is -0.483 e. The molecule has 1 aromatic rings. The largest absolute Gasteiger partial charge is 0.483 e. The Morgan fingerprint density at radius 3 is 2.25 bits per heavy atom. The van der Waals surface area contributed by atoms with Crippen molar-refractivity contribution in [3.63, 3.8) is 0 Å². The molecule has 0 radical (unpaired) electrons. The first kappa shape index (κ1) is 10.8. The first-order chi connectivity index (χ1) is 5.61. The fourth-order valence-corrected chi connectivity index (χ4v) is 0.588. The molecular weight excluding hydrogens is 190 g/mol. The molecule has 0 saturated carbocycles. The molecule has 5 heteroatoms. The van der Waals surface area contributed by atoms with Gasteiger partial charge in [-0.15, -0.1) is 0 Å². The average Bonchev–Trinajstić information content (AvgIpc) is 1.99. The number of rotatable bonds is 0. The van der Waals surface area contributed by atoms with Crippen LogP contribution in [0.2, 0.25) is 5.02 Å². The van der Waals surface area contributed by atoms with Crippen LogP contribution in [0.1, 0.15) is 0 Å². The lowest BCUT2D eigenvalue weighted by Crippen LogP contribution is -1.77. The number of carbonyl (C=O) groups is 1. The van der Waals surface area contributed by atoms with E-state index in [4.69, 9.17) is 21.5 Å². The minimum atomic E-state index is -0.725. The zero-order valence-electron chi connectivity index (χ0n) is 5.80. The number of carboxylic acid groups (broad SMARTS) is 1. The van der Waals surface area contributed by atoms with Gasteiger partial charge in [0, 0.05) is 6.07 Å². The Hall–Kier alpha value is -1.16. The standard InChI is InChI=1S/C6H3ClF2.CH2O2/c7-5-2-1-4(8)3-6(5)9;2-1-3/h1-3H;1H,(H,2,3). The van der Waals surface area contributed by atoms with Crippen molar-refractivity contribution in [2.75, 3.05) is 0 Å². The summed E-state index contributed by atoms with van der Waals surface area (Å²) in [5.41, 5.74) is 0. The highest BCUT2D eigenvalue weighted by molar-refractivity contribution is 6.30. The molecule has 12 heavy (non-hydrogen) atoms. The summed E-state index contributed by atoms with van der Waals surface area (Å²) in [5, 5.41) is 6.83. The van der Waals surface area contributed by atoms with Gasteiger partial charge in [0.1, 0.15) is 11.6 Å². The van der Waals surface area contributed by atoms with E-state index in [1.54, 1.807) is 0 Å². The van der Waals surface area contributed by atoms with Gasteiger partial charge in [-0.3, -0.25) is 4.79 Å². The molecule has 1 rings (SSSR count). The summed E-state index contributed by atoms with van der Waals surface area (Å²) in [6.45, 7) is -0.250. The molecule has 0 fully saturated rings. The van der Waals surface area contributed by atoms with E-state index in [0.29, 0.717) is 0 Å². The van der Waals surface area contributed by atoms with Crippen molar-refractivity contribution in [3.8, 4) is 0 Å². The second-order valence-electron chi connectivity index (χ2n) is 1.66. The molecule has 0 spiro atoms. The van der Waals surface area contributed by atoms with Crippen LogP contribution in [-0.4, -0.2) is 11.6 Å². The summed E-state index contributed by atoms with van der Waals surface area (Å²) in [5.74, 6) is -1.34. The number of halogens is 3. The van der Waals surface area contributed by atoms with Crippen LogP contribution < -0.4 is 0 Å². The molecule has 0 aromatic heterocycles. The van der Waals surface area contributed by atoms with Gasteiger partial charge in [0.15, 0.2) is 0 Å². The highest BCUT2D eigenvalue weighted by atomic mass is 35.5. The lowest BCUT2D eigenvalue weighted by molar-refractivity contribution is -0.122. The number of hydrogen-bond donors (Lipinski definition) is 1. The van der Waals surface area contributed by atoms with Gasteiger partial charge < -0.3 is 5.11 Å². The monoisotopic (exact) mass is 194 g/mol.